The first kappa shape index (κ1) is 29.4. The van der Waals surface area contributed by atoms with Gasteiger partial charge in [-0.3, -0.25) is 9.59 Å². The van der Waals surface area contributed by atoms with E-state index < -0.39 is 35.5 Å². The second-order valence-electron chi connectivity index (χ2n) is 11.1. The second kappa shape index (κ2) is 11.5. The molecule has 9 nitrogen and oxygen atoms in total. The lowest BCUT2D eigenvalue weighted by molar-refractivity contribution is -0.0442. The smallest absolute Gasteiger partial charge is 0.274 e. The van der Waals surface area contributed by atoms with Gasteiger partial charge in [-0.15, -0.1) is 0 Å². The van der Waals surface area contributed by atoms with Crippen LogP contribution in [0.2, 0.25) is 25.2 Å². The molecule has 1 aliphatic heterocycles. The van der Waals surface area contributed by atoms with Crippen LogP contribution in [0.25, 0.3) is 0 Å². The van der Waals surface area contributed by atoms with Gasteiger partial charge >= 0.3 is 0 Å². The maximum absolute atomic E-state index is 13.6. The highest BCUT2D eigenvalue weighted by molar-refractivity contribution is 7.89. The number of amides is 1. The summed E-state index contributed by atoms with van der Waals surface area (Å²) in [7, 11) is -5.28. The first-order chi connectivity index (χ1) is 18.3. The number of rotatable bonds is 8. The topological polar surface area (TPSA) is 121 Å². The van der Waals surface area contributed by atoms with Crippen LogP contribution in [0.5, 0.6) is 0 Å². The van der Waals surface area contributed by atoms with Crippen LogP contribution in [-0.2, 0) is 10.0 Å². The highest BCUT2D eigenvalue weighted by Gasteiger charge is 2.36. The minimum atomic E-state index is -3.91. The molecule has 0 unspecified atom stereocenters. The Morgan fingerprint density at radius 1 is 1.15 bits per heavy atom. The van der Waals surface area contributed by atoms with Gasteiger partial charge in [-0.25, -0.2) is 21.9 Å². The molecule has 2 aromatic rings. The van der Waals surface area contributed by atoms with Crippen LogP contribution < -0.4 is 20.5 Å². The van der Waals surface area contributed by atoms with Crippen LogP contribution in [0.3, 0.4) is 0 Å². The quantitative estimate of drug-likeness (QED) is 0.409. The predicted octanol–water partition coefficient (Wildman–Crippen LogP) is 3.65. The molecule has 0 bridgehead atoms. The Kier molecular flexibility index (Phi) is 8.64. The summed E-state index contributed by atoms with van der Waals surface area (Å²) >= 11 is 0. The van der Waals surface area contributed by atoms with Crippen molar-refractivity contribution in [2.75, 3.05) is 36.5 Å². The first-order valence-electron chi connectivity index (χ1n) is 13.2. The first-order valence-corrected chi connectivity index (χ1v) is 18.1. The van der Waals surface area contributed by atoms with Gasteiger partial charge in [0.15, 0.2) is 0 Å². The van der Waals surface area contributed by atoms with Crippen molar-refractivity contribution < 1.29 is 27.1 Å². The van der Waals surface area contributed by atoms with Gasteiger partial charge in [-0.1, -0.05) is 13.1 Å². The minimum Gasteiger partial charge on any atom is -0.395 e. The maximum atomic E-state index is 13.6. The molecule has 214 valence electrons. The Bertz CT molecular complexity index is 1360. The van der Waals surface area contributed by atoms with E-state index in [4.69, 9.17) is 5.11 Å². The van der Waals surface area contributed by atoms with Crippen LogP contribution in [0.15, 0.2) is 46.2 Å². The summed E-state index contributed by atoms with van der Waals surface area (Å²) in [6.07, 6.45) is 1.31. The van der Waals surface area contributed by atoms with E-state index in [0.29, 0.717) is 18.8 Å². The Balaban J connectivity index is 1.63. The normalized spacial score (nSPS) is 19.6. The van der Waals surface area contributed by atoms with Crippen molar-refractivity contribution in [2.45, 2.75) is 67.7 Å². The van der Waals surface area contributed by atoms with Crippen LogP contribution in [0.4, 0.5) is 20.2 Å². The fraction of sp³-hybridized carbons (Fsp3) is 0.538. The molecule has 13 heteroatoms. The zero-order valence-corrected chi connectivity index (χ0v) is 24.1. The highest BCUT2D eigenvalue weighted by atomic mass is 32.2. The van der Waals surface area contributed by atoms with Crippen molar-refractivity contribution in [3.8, 4) is 0 Å². The Morgan fingerprint density at radius 3 is 2.46 bits per heavy atom. The number of halogens is 2. The standard InChI is InChI=1S/C26H36F2N4O5SSi/c1-39(2)16-13-31(14-17-39)23-18-20(38(36,37)29-11-15-33)5-6-21(23)24(34)30-22-4-3-12-32(25(22)35)19-7-9-26(27,28)10-8-19/h3-6,12,18-19,29,33H,7-11,13-17H2,1-2H3,(H,30,34). The van der Waals surface area contributed by atoms with Crippen LogP contribution >= 0.6 is 0 Å². The van der Waals surface area contributed by atoms with Gasteiger partial charge in [0.1, 0.15) is 5.69 Å². The summed E-state index contributed by atoms with van der Waals surface area (Å²) in [4.78, 5) is 28.7. The van der Waals surface area contributed by atoms with Gasteiger partial charge in [-0.2, -0.15) is 0 Å². The molecule has 3 N–H and O–H groups in total. The number of aromatic nitrogens is 1. The molecule has 2 aliphatic rings. The van der Waals surface area contributed by atoms with E-state index in [9.17, 15) is 26.8 Å². The van der Waals surface area contributed by atoms with E-state index in [1.807, 2.05) is 4.90 Å². The largest absolute Gasteiger partial charge is 0.395 e. The molecule has 0 spiro atoms. The predicted molar refractivity (Wildman–Crippen MR) is 149 cm³/mol. The number of hydrogen-bond acceptors (Lipinski definition) is 6. The van der Waals surface area contributed by atoms with Crippen LogP contribution in [-0.4, -0.2) is 64.2 Å². The summed E-state index contributed by atoms with van der Waals surface area (Å²) in [6, 6.07) is 8.88. The molecule has 1 aromatic carbocycles. The number of alkyl halides is 2. The van der Waals surface area contributed by atoms with Crippen molar-refractivity contribution in [1.82, 2.24) is 9.29 Å². The Hall–Kier alpha value is -2.61. The molecule has 1 saturated carbocycles. The fourth-order valence-electron chi connectivity index (χ4n) is 5.13. The number of aliphatic hydroxyl groups is 1. The lowest BCUT2D eigenvalue weighted by Crippen LogP contribution is -2.43. The third-order valence-corrected chi connectivity index (χ3v) is 12.3. The third-order valence-electron chi connectivity index (χ3n) is 7.69. The van der Waals surface area contributed by atoms with Gasteiger partial charge < -0.3 is 19.9 Å². The van der Waals surface area contributed by atoms with Crippen molar-refractivity contribution in [1.29, 1.82) is 0 Å². The number of nitrogens with one attached hydrogen (secondary N) is 2. The third kappa shape index (κ3) is 6.94. The summed E-state index contributed by atoms with van der Waals surface area (Å²) in [5, 5.41) is 11.7. The molecular weight excluding hydrogens is 546 g/mol. The van der Waals surface area contributed by atoms with Crippen LogP contribution in [0.1, 0.15) is 42.1 Å². The molecule has 1 aromatic heterocycles. The summed E-state index contributed by atoms with van der Waals surface area (Å²) < 4.78 is 56.5. The SMILES string of the molecule is C[Si]1(C)CCN(c2cc(S(=O)(=O)NCCO)ccc2C(=O)Nc2cccn(C3CCC(F)(F)CC3)c2=O)CC1. The molecule has 1 amide bonds. The Labute approximate surface area is 228 Å². The molecule has 1 saturated heterocycles. The van der Waals surface area contributed by atoms with E-state index >= 15 is 0 Å². The van der Waals surface area contributed by atoms with Gasteiger partial charge in [0, 0.05) is 44.7 Å². The maximum Gasteiger partial charge on any atom is 0.274 e. The van der Waals surface area contributed by atoms with E-state index in [2.05, 4.69) is 23.1 Å². The number of nitrogens with zero attached hydrogens (tertiary/aromatic N) is 2. The molecule has 4 rings (SSSR count). The number of benzene rings is 1. The molecule has 0 atom stereocenters. The van der Waals surface area contributed by atoms with Crippen molar-refractivity contribution >= 4 is 35.4 Å². The lowest BCUT2D eigenvalue weighted by Gasteiger charge is -2.38. The number of carbonyl (C=O) groups excluding carboxylic acids is 1. The number of hydrogen-bond donors (Lipinski definition) is 3. The number of sulfonamides is 1. The van der Waals surface area contributed by atoms with Gasteiger partial charge in [-0.05, 0) is 55.3 Å². The highest BCUT2D eigenvalue weighted by Crippen LogP contribution is 2.38. The monoisotopic (exact) mass is 582 g/mol. The zero-order chi connectivity index (χ0) is 28.4. The molecule has 39 heavy (non-hydrogen) atoms. The summed E-state index contributed by atoms with van der Waals surface area (Å²) in [6.45, 7) is 5.46. The summed E-state index contributed by atoms with van der Waals surface area (Å²) in [5.41, 5.74) is 0.235. The summed E-state index contributed by atoms with van der Waals surface area (Å²) in [5.74, 6) is -3.29. The molecule has 2 fully saturated rings. The van der Waals surface area contributed by atoms with E-state index in [-0.39, 0.29) is 61.0 Å². The number of aliphatic hydroxyl groups excluding tert-OH is 1. The average molecular weight is 583 g/mol. The van der Waals surface area contributed by atoms with E-state index in [1.54, 1.807) is 12.3 Å². The van der Waals surface area contributed by atoms with Crippen molar-refractivity contribution in [3.05, 3.63) is 52.4 Å². The average Bonchev–Trinajstić information content (AvgIpc) is 2.88. The van der Waals surface area contributed by atoms with Crippen molar-refractivity contribution in [2.24, 2.45) is 0 Å². The fourth-order valence-corrected chi connectivity index (χ4v) is 8.18. The number of carbonyl (C=O) groups is 1. The number of pyridine rings is 1. The second-order valence-corrected chi connectivity index (χ2v) is 18.2. The van der Waals surface area contributed by atoms with Gasteiger partial charge in [0.05, 0.1) is 30.8 Å². The van der Waals surface area contributed by atoms with Gasteiger partial charge in [0.2, 0.25) is 15.9 Å². The van der Waals surface area contributed by atoms with Gasteiger partial charge in [0.25, 0.3) is 11.5 Å². The lowest BCUT2D eigenvalue weighted by atomic mass is 9.92. The molecule has 1 aliphatic carbocycles. The van der Waals surface area contributed by atoms with E-state index in [1.165, 1.54) is 28.8 Å². The molecular formula is C26H36F2N4O5SSi. The minimum absolute atomic E-state index is 0.0271. The number of anilines is 2. The van der Waals surface area contributed by atoms with Crippen LogP contribution in [0, 0.1) is 0 Å². The molecule has 0 radical (unpaired) electrons. The molecule has 2 heterocycles. The Morgan fingerprint density at radius 2 is 1.82 bits per heavy atom. The zero-order valence-electron chi connectivity index (χ0n) is 22.3. The van der Waals surface area contributed by atoms with E-state index in [0.717, 1.165) is 12.1 Å². The van der Waals surface area contributed by atoms with Crippen molar-refractivity contribution in [3.63, 3.8) is 0 Å².